The van der Waals surface area contributed by atoms with Crippen molar-refractivity contribution in [2.24, 2.45) is 0 Å². The SMILES string of the molecule is CNCC(C)(C)N1CCN(C2CCCCC2)CC1. The molecular formula is C15H31N3. The summed E-state index contributed by atoms with van der Waals surface area (Å²) in [5.41, 5.74) is 0.299. The van der Waals surface area contributed by atoms with Crippen molar-refractivity contribution in [3.05, 3.63) is 0 Å². The Kier molecular flexibility index (Phi) is 5.05. The summed E-state index contributed by atoms with van der Waals surface area (Å²) < 4.78 is 0. The first-order valence-corrected chi connectivity index (χ1v) is 7.77. The molecule has 1 aliphatic carbocycles. The van der Waals surface area contributed by atoms with Crippen LogP contribution in [-0.4, -0.2) is 61.2 Å². The lowest BCUT2D eigenvalue weighted by Gasteiger charge is -2.46. The Morgan fingerprint density at radius 3 is 2.17 bits per heavy atom. The van der Waals surface area contributed by atoms with Crippen LogP contribution < -0.4 is 5.32 Å². The van der Waals surface area contributed by atoms with Crippen LogP contribution in [0.5, 0.6) is 0 Å². The lowest BCUT2D eigenvalue weighted by Crippen LogP contribution is -2.59. The Hall–Kier alpha value is -0.120. The van der Waals surface area contributed by atoms with Gasteiger partial charge in [0.1, 0.15) is 0 Å². The summed E-state index contributed by atoms with van der Waals surface area (Å²) in [7, 11) is 2.06. The third-order valence-electron chi connectivity index (χ3n) is 4.87. The van der Waals surface area contributed by atoms with Crippen molar-refractivity contribution in [3.8, 4) is 0 Å². The topological polar surface area (TPSA) is 18.5 Å². The number of nitrogens with zero attached hydrogens (tertiary/aromatic N) is 2. The Balaban J connectivity index is 1.80. The van der Waals surface area contributed by atoms with Gasteiger partial charge in [-0.15, -0.1) is 0 Å². The molecule has 1 aliphatic heterocycles. The molecule has 0 atom stereocenters. The van der Waals surface area contributed by atoms with E-state index in [0.717, 1.165) is 12.6 Å². The molecule has 1 heterocycles. The van der Waals surface area contributed by atoms with E-state index < -0.39 is 0 Å². The van der Waals surface area contributed by atoms with Gasteiger partial charge < -0.3 is 5.32 Å². The molecule has 2 aliphatic rings. The van der Waals surface area contributed by atoms with Crippen LogP contribution in [0, 0.1) is 0 Å². The molecule has 0 aromatic heterocycles. The molecule has 1 saturated carbocycles. The molecule has 0 aromatic carbocycles. The van der Waals surface area contributed by atoms with Gasteiger partial charge in [0.25, 0.3) is 0 Å². The van der Waals surface area contributed by atoms with Crippen molar-refractivity contribution in [2.45, 2.75) is 57.5 Å². The monoisotopic (exact) mass is 253 g/mol. The summed E-state index contributed by atoms with van der Waals surface area (Å²) in [6.45, 7) is 10.8. The van der Waals surface area contributed by atoms with Crippen molar-refractivity contribution < 1.29 is 0 Å². The first-order chi connectivity index (χ1) is 8.63. The lowest BCUT2D eigenvalue weighted by atomic mass is 9.93. The average Bonchev–Trinajstić information content (AvgIpc) is 2.40. The molecule has 3 heteroatoms. The third kappa shape index (κ3) is 3.46. The zero-order valence-corrected chi connectivity index (χ0v) is 12.5. The van der Waals surface area contributed by atoms with Crippen LogP contribution >= 0.6 is 0 Å². The Bertz CT molecular complexity index is 238. The fraction of sp³-hybridized carbons (Fsp3) is 1.00. The molecule has 3 nitrogen and oxygen atoms in total. The molecule has 0 radical (unpaired) electrons. The Morgan fingerprint density at radius 1 is 1.00 bits per heavy atom. The van der Waals surface area contributed by atoms with E-state index in [1.165, 1.54) is 58.3 Å². The molecule has 0 bridgehead atoms. The maximum Gasteiger partial charge on any atom is 0.0278 e. The summed E-state index contributed by atoms with van der Waals surface area (Å²) in [6, 6.07) is 0.897. The van der Waals surface area contributed by atoms with Crippen molar-refractivity contribution in [2.75, 3.05) is 39.8 Å². The summed E-state index contributed by atoms with van der Waals surface area (Å²) in [5, 5.41) is 3.32. The van der Waals surface area contributed by atoms with E-state index in [-0.39, 0.29) is 0 Å². The quantitative estimate of drug-likeness (QED) is 0.826. The van der Waals surface area contributed by atoms with E-state index in [2.05, 4.69) is 36.0 Å². The summed E-state index contributed by atoms with van der Waals surface area (Å²) in [4.78, 5) is 5.41. The van der Waals surface area contributed by atoms with E-state index in [0.29, 0.717) is 5.54 Å². The molecule has 2 rings (SSSR count). The number of rotatable bonds is 4. The minimum Gasteiger partial charge on any atom is -0.318 e. The molecular weight excluding hydrogens is 222 g/mol. The molecule has 2 fully saturated rings. The van der Waals surface area contributed by atoms with Gasteiger partial charge in [-0.3, -0.25) is 9.80 Å². The van der Waals surface area contributed by atoms with Crippen molar-refractivity contribution in [1.29, 1.82) is 0 Å². The van der Waals surface area contributed by atoms with Gasteiger partial charge in [-0.2, -0.15) is 0 Å². The molecule has 0 spiro atoms. The highest BCUT2D eigenvalue weighted by molar-refractivity contribution is 4.89. The number of hydrogen-bond donors (Lipinski definition) is 1. The van der Waals surface area contributed by atoms with Crippen LogP contribution in [0.25, 0.3) is 0 Å². The second kappa shape index (κ2) is 6.36. The van der Waals surface area contributed by atoms with Crippen LogP contribution in [0.15, 0.2) is 0 Å². The highest BCUT2D eigenvalue weighted by Crippen LogP contribution is 2.25. The fourth-order valence-electron chi connectivity index (χ4n) is 3.68. The third-order valence-corrected chi connectivity index (χ3v) is 4.87. The average molecular weight is 253 g/mol. The van der Waals surface area contributed by atoms with E-state index in [9.17, 15) is 0 Å². The minimum atomic E-state index is 0.299. The fourth-order valence-corrected chi connectivity index (χ4v) is 3.68. The van der Waals surface area contributed by atoms with E-state index in [1.807, 2.05) is 0 Å². The van der Waals surface area contributed by atoms with Crippen molar-refractivity contribution in [1.82, 2.24) is 15.1 Å². The Labute approximate surface area is 113 Å². The minimum absolute atomic E-state index is 0.299. The zero-order chi connectivity index (χ0) is 13.0. The van der Waals surface area contributed by atoms with Gasteiger partial charge in [0.05, 0.1) is 0 Å². The number of hydrogen-bond acceptors (Lipinski definition) is 3. The predicted molar refractivity (Wildman–Crippen MR) is 78.0 cm³/mol. The zero-order valence-electron chi connectivity index (χ0n) is 12.5. The molecule has 0 unspecified atom stereocenters. The van der Waals surface area contributed by atoms with E-state index in [1.54, 1.807) is 0 Å². The van der Waals surface area contributed by atoms with E-state index >= 15 is 0 Å². The molecule has 1 N–H and O–H groups in total. The number of piperazine rings is 1. The molecule has 106 valence electrons. The normalized spacial score (nSPS) is 25.5. The van der Waals surface area contributed by atoms with Gasteiger partial charge in [0.15, 0.2) is 0 Å². The van der Waals surface area contributed by atoms with Gasteiger partial charge in [-0.05, 0) is 33.7 Å². The maximum absolute atomic E-state index is 3.32. The van der Waals surface area contributed by atoms with E-state index in [4.69, 9.17) is 0 Å². The summed E-state index contributed by atoms with van der Waals surface area (Å²) >= 11 is 0. The van der Waals surface area contributed by atoms with Gasteiger partial charge in [0.2, 0.25) is 0 Å². The highest BCUT2D eigenvalue weighted by Gasteiger charge is 2.31. The van der Waals surface area contributed by atoms with Gasteiger partial charge in [-0.1, -0.05) is 19.3 Å². The van der Waals surface area contributed by atoms with Crippen LogP contribution in [0.2, 0.25) is 0 Å². The summed E-state index contributed by atoms with van der Waals surface area (Å²) in [6.07, 6.45) is 7.26. The largest absolute Gasteiger partial charge is 0.318 e. The first-order valence-electron chi connectivity index (χ1n) is 7.77. The van der Waals surface area contributed by atoms with Crippen molar-refractivity contribution >= 4 is 0 Å². The smallest absolute Gasteiger partial charge is 0.0278 e. The lowest BCUT2D eigenvalue weighted by molar-refractivity contribution is 0.0268. The molecule has 18 heavy (non-hydrogen) atoms. The van der Waals surface area contributed by atoms with Gasteiger partial charge in [0, 0.05) is 44.3 Å². The molecule has 1 saturated heterocycles. The van der Waals surface area contributed by atoms with Crippen LogP contribution in [0.4, 0.5) is 0 Å². The maximum atomic E-state index is 3.32. The van der Waals surface area contributed by atoms with Crippen LogP contribution in [0.3, 0.4) is 0 Å². The summed E-state index contributed by atoms with van der Waals surface area (Å²) in [5.74, 6) is 0. The predicted octanol–water partition coefficient (Wildman–Crippen LogP) is 1.93. The standard InChI is InChI=1S/C15H31N3/c1-15(2,13-16-3)18-11-9-17(10-12-18)14-7-5-4-6-8-14/h14,16H,4-13H2,1-3H3. The number of nitrogens with one attached hydrogen (secondary N) is 1. The van der Waals surface area contributed by atoms with Crippen molar-refractivity contribution in [3.63, 3.8) is 0 Å². The van der Waals surface area contributed by atoms with Gasteiger partial charge in [-0.25, -0.2) is 0 Å². The highest BCUT2D eigenvalue weighted by atomic mass is 15.3. The second-order valence-corrected chi connectivity index (χ2v) is 6.66. The first kappa shape index (κ1) is 14.3. The van der Waals surface area contributed by atoms with Gasteiger partial charge >= 0.3 is 0 Å². The Morgan fingerprint density at radius 2 is 1.61 bits per heavy atom. The second-order valence-electron chi connectivity index (χ2n) is 6.66. The van der Waals surface area contributed by atoms with Crippen LogP contribution in [-0.2, 0) is 0 Å². The van der Waals surface area contributed by atoms with Crippen LogP contribution in [0.1, 0.15) is 46.0 Å². The molecule has 0 aromatic rings. The number of likely N-dealkylation sites (N-methyl/N-ethyl adjacent to an activating group) is 1. The molecule has 0 amide bonds.